The van der Waals surface area contributed by atoms with Crippen LogP contribution in [0.3, 0.4) is 0 Å². The van der Waals surface area contributed by atoms with Gasteiger partial charge in [-0.25, -0.2) is 0 Å². The van der Waals surface area contributed by atoms with Crippen LogP contribution in [-0.4, -0.2) is 5.78 Å². The quantitative estimate of drug-likeness (QED) is 0.679. The largest absolute Gasteiger partial charge is 0.457 e. The highest BCUT2D eigenvalue weighted by atomic mass is 19.4. The molecule has 0 aliphatic rings. The van der Waals surface area contributed by atoms with Crippen molar-refractivity contribution in [3.63, 3.8) is 0 Å². The van der Waals surface area contributed by atoms with Crippen LogP contribution in [0.2, 0.25) is 0 Å². The van der Waals surface area contributed by atoms with E-state index in [1.807, 2.05) is 0 Å². The number of ether oxygens (including phenoxy) is 1. The molecule has 2 N–H and O–H groups in total. The number of hydrogen-bond acceptors (Lipinski definition) is 3. The predicted molar refractivity (Wildman–Crippen MR) is 72.4 cm³/mol. The minimum Gasteiger partial charge on any atom is -0.457 e. The highest BCUT2D eigenvalue weighted by Crippen LogP contribution is 2.33. The number of nitrogen functional groups attached to an aromatic ring is 1. The van der Waals surface area contributed by atoms with E-state index in [-0.39, 0.29) is 23.0 Å². The molecule has 0 bridgehead atoms. The molecular formula is C15H12F3NO2. The van der Waals surface area contributed by atoms with Gasteiger partial charge in [-0.05, 0) is 37.3 Å². The zero-order valence-electron chi connectivity index (χ0n) is 11.1. The van der Waals surface area contributed by atoms with E-state index >= 15 is 0 Å². The number of rotatable bonds is 3. The molecule has 2 rings (SSSR count). The van der Waals surface area contributed by atoms with Gasteiger partial charge in [-0.2, -0.15) is 13.2 Å². The minimum atomic E-state index is -4.43. The number of hydrogen-bond donors (Lipinski definition) is 1. The molecular weight excluding hydrogens is 283 g/mol. The number of alkyl halides is 3. The molecule has 0 fully saturated rings. The zero-order chi connectivity index (χ0) is 15.6. The van der Waals surface area contributed by atoms with Crippen molar-refractivity contribution in [1.82, 2.24) is 0 Å². The maximum absolute atomic E-state index is 12.6. The summed E-state index contributed by atoms with van der Waals surface area (Å²) in [6.45, 7) is 1.37. The SMILES string of the molecule is CC(=O)c1ccc(Oc2cccc(C(F)(F)F)c2)cc1N. The predicted octanol–water partition coefficient (Wildman–Crippen LogP) is 4.28. The second-order valence-electron chi connectivity index (χ2n) is 4.43. The van der Waals surface area contributed by atoms with Gasteiger partial charge in [-0.15, -0.1) is 0 Å². The summed E-state index contributed by atoms with van der Waals surface area (Å²) in [7, 11) is 0. The smallest absolute Gasteiger partial charge is 0.416 e. The topological polar surface area (TPSA) is 52.3 Å². The van der Waals surface area contributed by atoms with Gasteiger partial charge in [0.05, 0.1) is 5.56 Å². The second-order valence-corrected chi connectivity index (χ2v) is 4.43. The monoisotopic (exact) mass is 295 g/mol. The molecule has 0 saturated carbocycles. The Bertz CT molecular complexity index is 681. The molecule has 0 saturated heterocycles. The molecule has 0 spiro atoms. The molecule has 110 valence electrons. The number of ketones is 1. The van der Waals surface area contributed by atoms with Gasteiger partial charge in [0.1, 0.15) is 11.5 Å². The molecule has 0 heterocycles. The van der Waals surface area contributed by atoms with Crippen LogP contribution in [0.4, 0.5) is 18.9 Å². The number of halogens is 3. The maximum Gasteiger partial charge on any atom is 0.416 e. The van der Waals surface area contributed by atoms with Gasteiger partial charge >= 0.3 is 6.18 Å². The van der Waals surface area contributed by atoms with Crippen LogP contribution >= 0.6 is 0 Å². The highest BCUT2D eigenvalue weighted by molar-refractivity contribution is 5.99. The first kappa shape index (κ1) is 14.9. The Kier molecular flexibility index (Phi) is 3.88. The van der Waals surface area contributed by atoms with Crippen molar-refractivity contribution in [2.75, 3.05) is 5.73 Å². The van der Waals surface area contributed by atoms with Gasteiger partial charge in [-0.1, -0.05) is 6.07 Å². The van der Waals surface area contributed by atoms with Crippen molar-refractivity contribution >= 4 is 11.5 Å². The Morgan fingerprint density at radius 3 is 2.33 bits per heavy atom. The number of nitrogens with two attached hydrogens (primary N) is 1. The summed E-state index contributed by atoms with van der Waals surface area (Å²) in [6.07, 6.45) is -4.43. The first-order chi connectivity index (χ1) is 9.77. The molecule has 2 aromatic carbocycles. The van der Waals surface area contributed by atoms with Gasteiger partial charge < -0.3 is 10.5 Å². The Morgan fingerprint density at radius 2 is 1.76 bits per heavy atom. The molecule has 0 aliphatic carbocycles. The first-order valence-corrected chi connectivity index (χ1v) is 6.03. The van der Waals surface area contributed by atoms with Crippen LogP contribution in [0.5, 0.6) is 11.5 Å². The molecule has 6 heteroatoms. The lowest BCUT2D eigenvalue weighted by molar-refractivity contribution is -0.137. The van der Waals surface area contributed by atoms with E-state index in [0.717, 1.165) is 12.1 Å². The fourth-order valence-corrected chi connectivity index (χ4v) is 1.80. The minimum absolute atomic E-state index is 0.0415. The van der Waals surface area contributed by atoms with Crippen molar-refractivity contribution in [3.05, 3.63) is 53.6 Å². The van der Waals surface area contributed by atoms with Crippen LogP contribution in [-0.2, 0) is 6.18 Å². The number of Topliss-reactive ketones (excluding diaryl/α,β-unsaturated/α-hetero) is 1. The van der Waals surface area contributed by atoms with Crippen LogP contribution in [0.15, 0.2) is 42.5 Å². The molecule has 0 unspecified atom stereocenters. The van der Waals surface area contributed by atoms with Gasteiger partial charge in [0.15, 0.2) is 5.78 Å². The van der Waals surface area contributed by atoms with Crippen molar-refractivity contribution in [2.45, 2.75) is 13.1 Å². The molecule has 0 amide bonds. The third-order valence-electron chi connectivity index (χ3n) is 2.80. The summed E-state index contributed by atoms with van der Waals surface area (Å²) in [6, 6.07) is 8.87. The van der Waals surface area contributed by atoms with Crippen LogP contribution in [0.25, 0.3) is 0 Å². The molecule has 3 nitrogen and oxygen atoms in total. The fraction of sp³-hybridized carbons (Fsp3) is 0.133. The summed E-state index contributed by atoms with van der Waals surface area (Å²) in [5, 5.41) is 0. The Morgan fingerprint density at radius 1 is 1.10 bits per heavy atom. The standard InChI is InChI=1S/C15H12F3NO2/c1-9(20)13-6-5-12(8-14(13)19)21-11-4-2-3-10(7-11)15(16,17)18/h2-8H,19H2,1H3. The molecule has 0 atom stereocenters. The number of benzene rings is 2. The maximum atomic E-state index is 12.6. The lowest BCUT2D eigenvalue weighted by atomic mass is 10.1. The lowest BCUT2D eigenvalue weighted by Gasteiger charge is -2.11. The van der Waals surface area contributed by atoms with Gasteiger partial charge in [0, 0.05) is 17.3 Å². The molecule has 2 aromatic rings. The molecule has 21 heavy (non-hydrogen) atoms. The van der Waals surface area contributed by atoms with Gasteiger partial charge in [-0.3, -0.25) is 4.79 Å². The van der Waals surface area contributed by atoms with E-state index in [0.29, 0.717) is 5.56 Å². The second kappa shape index (κ2) is 5.47. The Hall–Kier alpha value is -2.50. The van der Waals surface area contributed by atoms with Crippen LogP contribution in [0.1, 0.15) is 22.8 Å². The van der Waals surface area contributed by atoms with E-state index in [9.17, 15) is 18.0 Å². The third-order valence-corrected chi connectivity index (χ3v) is 2.80. The summed E-state index contributed by atoms with van der Waals surface area (Å²) >= 11 is 0. The summed E-state index contributed by atoms with van der Waals surface area (Å²) in [5.41, 5.74) is 5.45. The van der Waals surface area contributed by atoms with Crippen molar-refractivity contribution < 1.29 is 22.7 Å². The summed E-state index contributed by atoms with van der Waals surface area (Å²) < 4.78 is 43.1. The van der Waals surface area contributed by atoms with Crippen LogP contribution in [0, 0.1) is 0 Å². The summed E-state index contributed by atoms with van der Waals surface area (Å²) in [5.74, 6) is 0.106. The van der Waals surface area contributed by atoms with E-state index in [4.69, 9.17) is 10.5 Å². The average molecular weight is 295 g/mol. The van der Waals surface area contributed by atoms with Gasteiger partial charge in [0.2, 0.25) is 0 Å². The summed E-state index contributed by atoms with van der Waals surface area (Å²) in [4.78, 5) is 11.2. The Balaban J connectivity index is 2.27. The lowest BCUT2D eigenvalue weighted by Crippen LogP contribution is -2.04. The van der Waals surface area contributed by atoms with E-state index in [1.165, 1.54) is 37.3 Å². The Labute approximate surface area is 119 Å². The van der Waals surface area contributed by atoms with Crippen molar-refractivity contribution in [1.29, 1.82) is 0 Å². The van der Waals surface area contributed by atoms with Crippen molar-refractivity contribution in [2.24, 2.45) is 0 Å². The third kappa shape index (κ3) is 3.53. The fourth-order valence-electron chi connectivity index (χ4n) is 1.80. The van der Waals surface area contributed by atoms with E-state index in [1.54, 1.807) is 0 Å². The zero-order valence-corrected chi connectivity index (χ0v) is 11.1. The molecule has 0 aromatic heterocycles. The van der Waals surface area contributed by atoms with E-state index < -0.39 is 11.7 Å². The molecule has 0 aliphatic heterocycles. The van der Waals surface area contributed by atoms with E-state index in [2.05, 4.69) is 0 Å². The number of carbonyl (C=O) groups is 1. The first-order valence-electron chi connectivity index (χ1n) is 6.03. The average Bonchev–Trinajstić information content (AvgIpc) is 2.37. The van der Waals surface area contributed by atoms with Gasteiger partial charge in [0.25, 0.3) is 0 Å². The number of anilines is 1. The normalized spacial score (nSPS) is 11.2. The van der Waals surface area contributed by atoms with Crippen molar-refractivity contribution in [3.8, 4) is 11.5 Å². The molecule has 0 radical (unpaired) electrons. The number of carbonyl (C=O) groups excluding carboxylic acids is 1. The van der Waals surface area contributed by atoms with Crippen LogP contribution < -0.4 is 10.5 Å². The highest BCUT2D eigenvalue weighted by Gasteiger charge is 2.30.